The van der Waals surface area contributed by atoms with Crippen molar-refractivity contribution in [3.05, 3.63) is 66.4 Å². The van der Waals surface area contributed by atoms with E-state index in [2.05, 4.69) is 31.0 Å². The Morgan fingerprint density at radius 1 is 1.20 bits per heavy atom. The topological polar surface area (TPSA) is 12.0 Å². The summed E-state index contributed by atoms with van der Waals surface area (Å²) in [5, 5.41) is 3.21. The van der Waals surface area contributed by atoms with E-state index in [4.69, 9.17) is 0 Å². The maximum atomic E-state index is 3.91. The van der Waals surface area contributed by atoms with Crippen LogP contribution in [0.3, 0.4) is 0 Å². The zero-order valence-electron chi connectivity index (χ0n) is 9.33. The second-order valence-electron chi connectivity index (χ2n) is 3.40. The fourth-order valence-corrected chi connectivity index (χ4v) is 1.15. The maximum absolute atomic E-state index is 3.91. The molecule has 1 heteroatoms. The maximum Gasteiger partial charge on any atom is 0.0384 e. The van der Waals surface area contributed by atoms with Crippen LogP contribution in [0.2, 0.25) is 0 Å². The highest BCUT2D eigenvalue weighted by molar-refractivity contribution is 5.50. The molecule has 0 bridgehead atoms. The van der Waals surface area contributed by atoms with Gasteiger partial charge in [0.25, 0.3) is 0 Å². The lowest BCUT2D eigenvalue weighted by Gasteiger charge is -2.05. The Bertz CT molecular complexity index is 369. The summed E-state index contributed by atoms with van der Waals surface area (Å²) in [6.07, 6.45) is 7.86. The molecule has 0 amide bonds. The molecule has 78 valence electrons. The lowest BCUT2D eigenvalue weighted by Crippen LogP contribution is -1.94. The third kappa shape index (κ3) is 4.32. The van der Waals surface area contributed by atoms with Gasteiger partial charge in [-0.3, -0.25) is 0 Å². The molecule has 1 nitrogen and oxygen atoms in total. The molecule has 0 aliphatic rings. The van der Waals surface area contributed by atoms with Gasteiger partial charge in [-0.1, -0.05) is 42.5 Å². The van der Waals surface area contributed by atoms with Crippen LogP contribution in [0, 0.1) is 6.92 Å². The third-order valence-electron chi connectivity index (χ3n) is 1.96. The van der Waals surface area contributed by atoms with Crippen LogP contribution in [0.15, 0.2) is 60.8 Å². The molecule has 0 atom stereocenters. The van der Waals surface area contributed by atoms with Crippen LogP contribution in [-0.2, 0) is 0 Å². The summed E-state index contributed by atoms with van der Waals surface area (Å²) in [6.45, 7) is 7.97. The summed E-state index contributed by atoms with van der Waals surface area (Å²) in [7, 11) is 0. The first-order valence-corrected chi connectivity index (χ1v) is 5.04. The number of allylic oxidation sites excluding steroid dienone is 4. The van der Waals surface area contributed by atoms with Gasteiger partial charge >= 0.3 is 0 Å². The van der Waals surface area contributed by atoms with Crippen molar-refractivity contribution in [3.8, 4) is 0 Å². The van der Waals surface area contributed by atoms with E-state index in [1.165, 1.54) is 5.56 Å². The van der Waals surface area contributed by atoms with Crippen molar-refractivity contribution in [3.63, 3.8) is 0 Å². The number of anilines is 1. The molecule has 1 aromatic rings. The van der Waals surface area contributed by atoms with E-state index in [9.17, 15) is 0 Å². The molecular weight excluding hydrogens is 182 g/mol. The molecule has 0 saturated heterocycles. The minimum Gasteiger partial charge on any atom is -0.356 e. The van der Waals surface area contributed by atoms with E-state index in [1.54, 1.807) is 0 Å². The van der Waals surface area contributed by atoms with Gasteiger partial charge in [-0.05, 0) is 32.1 Å². The summed E-state index contributed by atoms with van der Waals surface area (Å²) in [5.41, 5.74) is 3.21. The number of hydrogen-bond donors (Lipinski definition) is 1. The molecule has 0 fully saturated rings. The molecule has 1 rings (SSSR count). The van der Waals surface area contributed by atoms with E-state index < -0.39 is 0 Å². The van der Waals surface area contributed by atoms with Crippen molar-refractivity contribution in [2.75, 3.05) is 5.32 Å². The Kier molecular flexibility index (Phi) is 4.42. The van der Waals surface area contributed by atoms with Gasteiger partial charge < -0.3 is 5.32 Å². The van der Waals surface area contributed by atoms with Crippen molar-refractivity contribution in [2.45, 2.75) is 13.8 Å². The number of hydrogen-bond acceptors (Lipinski definition) is 1. The monoisotopic (exact) mass is 199 g/mol. The van der Waals surface area contributed by atoms with E-state index in [-0.39, 0.29) is 0 Å². The van der Waals surface area contributed by atoms with E-state index in [0.717, 1.165) is 11.4 Å². The molecule has 15 heavy (non-hydrogen) atoms. The Hall–Kier alpha value is -1.76. The first kappa shape index (κ1) is 11.3. The van der Waals surface area contributed by atoms with Crippen LogP contribution in [0.4, 0.5) is 5.69 Å². The van der Waals surface area contributed by atoms with Gasteiger partial charge in [-0.2, -0.15) is 0 Å². The van der Waals surface area contributed by atoms with Crippen LogP contribution in [0.1, 0.15) is 12.5 Å². The number of nitrogens with one attached hydrogen (secondary N) is 1. The SMILES string of the molecule is C=C(/C=C\C=C/C)Nc1ccc(C)cc1. The molecule has 1 N–H and O–H groups in total. The van der Waals surface area contributed by atoms with E-state index in [1.807, 2.05) is 43.4 Å². The third-order valence-corrected chi connectivity index (χ3v) is 1.96. The highest BCUT2D eigenvalue weighted by Gasteiger charge is 1.90. The van der Waals surface area contributed by atoms with Gasteiger partial charge in [0.15, 0.2) is 0 Å². The highest BCUT2D eigenvalue weighted by Crippen LogP contribution is 2.11. The minimum atomic E-state index is 0.886. The van der Waals surface area contributed by atoms with Crippen LogP contribution in [0.5, 0.6) is 0 Å². The van der Waals surface area contributed by atoms with Crippen LogP contribution < -0.4 is 5.32 Å². The van der Waals surface area contributed by atoms with Crippen molar-refractivity contribution in [1.82, 2.24) is 0 Å². The molecule has 0 spiro atoms. The summed E-state index contributed by atoms with van der Waals surface area (Å²) in [4.78, 5) is 0. The Morgan fingerprint density at radius 2 is 1.87 bits per heavy atom. The molecule has 0 heterocycles. The van der Waals surface area contributed by atoms with Gasteiger partial charge in [-0.25, -0.2) is 0 Å². The van der Waals surface area contributed by atoms with Crippen LogP contribution >= 0.6 is 0 Å². The molecular formula is C14H17N. The predicted molar refractivity (Wildman–Crippen MR) is 67.9 cm³/mol. The standard InChI is InChI=1S/C14H17N/c1-4-5-6-7-13(3)15-14-10-8-12(2)9-11-14/h4-11,15H,3H2,1-2H3/b5-4-,7-6-. The molecule has 0 aliphatic heterocycles. The predicted octanol–water partition coefficient (Wildman–Crippen LogP) is 4.05. The van der Waals surface area contributed by atoms with E-state index >= 15 is 0 Å². The highest BCUT2D eigenvalue weighted by atomic mass is 14.9. The van der Waals surface area contributed by atoms with Gasteiger partial charge in [0.05, 0.1) is 0 Å². The van der Waals surface area contributed by atoms with Crippen molar-refractivity contribution >= 4 is 5.69 Å². The molecule has 0 unspecified atom stereocenters. The van der Waals surface area contributed by atoms with Gasteiger partial charge in [0.1, 0.15) is 0 Å². The van der Waals surface area contributed by atoms with Crippen molar-refractivity contribution < 1.29 is 0 Å². The number of aryl methyl sites for hydroxylation is 1. The minimum absolute atomic E-state index is 0.886. The fourth-order valence-electron chi connectivity index (χ4n) is 1.15. The van der Waals surface area contributed by atoms with E-state index in [0.29, 0.717) is 0 Å². The first-order valence-electron chi connectivity index (χ1n) is 5.04. The van der Waals surface area contributed by atoms with Gasteiger partial charge in [0, 0.05) is 11.4 Å². The van der Waals surface area contributed by atoms with Gasteiger partial charge in [0.2, 0.25) is 0 Å². The molecule has 0 radical (unpaired) electrons. The smallest absolute Gasteiger partial charge is 0.0384 e. The Balaban J connectivity index is 2.55. The normalized spacial score (nSPS) is 11.1. The average molecular weight is 199 g/mol. The zero-order valence-corrected chi connectivity index (χ0v) is 9.33. The zero-order chi connectivity index (χ0) is 11.1. The van der Waals surface area contributed by atoms with Gasteiger partial charge in [-0.15, -0.1) is 0 Å². The lowest BCUT2D eigenvalue weighted by molar-refractivity contribution is 1.43. The Labute approximate surface area is 91.8 Å². The van der Waals surface area contributed by atoms with Crippen LogP contribution in [0.25, 0.3) is 0 Å². The number of benzene rings is 1. The summed E-state index contributed by atoms with van der Waals surface area (Å²) >= 11 is 0. The summed E-state index contributed by atoms with van der Waals surface area (Å²) in [6, 6.07) is 8.24. The molecule has 0 aromatic heterocycles. The molecule has 0 saturated carbocycles. The summed E-state index contributed by atoms with van der Waals surface area (Å²) < 4.78 is 0. The van der Waals surface area contributed by atoms with Crippen molar-refractivity contribution in [1.29, 1.82) is 0 Å². The average Bonchev–Trinajstić information content (AvgIpc) is 2.22. The quantitative estimate of drug-likeness (QED) is 0.721. The second-order valence-corrected chi connectivity index (χ2v) is 3.40. The fraction of sp³-hybridized carbons (Fsp3) is 0.143. The Morgan fingerprint density at radius 3 is 2.47 bits per heavy atom. The number of rotatable bonds is 4. The largest absolute Gasteiger partial charge is 0.356 e. The van der Waals surface area contributed by atoms with Crippen molar-refractivity contribution in [2.24, 2.45) is 0 Å². The van der Waals surface area contributed by atoms with Crippen LogP contribution in [-0.4, -0.2) is 0 Å². The summed E-state index contributed by atoms with van der Waals surface area (Å²) in [5.74, 6) is 0. The second kappa shape index (κ2) is 5.86. The first-order chi connectivity index (χ1) is 7.22. The molecule has 0 aliphatic carbocycles. The molecule has 1 aromatic carbocycles. The lowest BCUT2D eigenvalue weighted by atomic mass is 10.2.